The van der Waals surface area contributed by atoms with Crippen molar-refractivity contribution in [3.63, 3.8) is 0 Å². The second kappa shape index (κ2) is 8.26. The first-order valence-corrected chi connectivity index (χ1v) is 10.1. The molecule has 1 aliphatic heterocycles. The molecule has 4 rings (SSSR count). The van der Waals surface area contributed by atoms with E-state index < -0.39 is 5.79 Å². The van der Waals surface area contributed by atoms with Crippen molar-refractivity contribution in [2.45, 2.75) is 44.3 Å². The van der Waals surface area contributed by atoms with Crippen LogP contribution in [0, 0.1) is 0 Å². The lowest BCUT2D eigenvalue weighted by molar-refractivity contribution is -0.116. The summed E-state index contributed by atoms with van der Waals surface area (Å²) in [7, 11) is 3.05. The molecule has 0 unspecified atom stereocenters. The molecule has 2 aliphatic rings. The number of hydrogen-bond donors (Lipinski definition) is 1. The molecule has 1 saturated carbocycles. The number of amides is 1. The van der Waals surface area contributed by atoms with Crippen LogP contribution in [0.4, 0.5) is 5.69 Å². The van der Waals surface area contributed by atoms with Crippen molar-refractivity contribution in [1.82, 2.24) is 0 Å². The predicted molar refractivity (Wildman–Crippen MR) is 111 cm³/mol. The lowest BCUT2D eigenvalue weighted by Gasteiger charge is -2.21. The van der Waals surface area contributed by atoms with E-state index in [0.717, 1.165) is 25.7 Å². The van der Waals surface area contributed by atoms with E-state index in [1.165, 1.54) is 14.2 Å². The maximum Gasteiger partial charge on any atom is 0.251 e. The normalized spacial score (nSPS) is 15.8. The van der Waals surface area contributed by atoms with E-state index in [1.54, 1.807) is 30.3 Å². The molecule has 1 aliphatic carbocycles. The Labute approximate surface area is 175 Å². The molecule has 1 spiro atoms. The van der Waals surface area contributed by atoms with Gasteiger partial charge in [-0.3, -0.25) is 9.59 Å². The van der Waals surface area contributed by atoms with Gasteiger partial charge in [-0.15, -0.1) is 0 Å². The smallest absolute Gasteiger partial charge is 0.251 e. The van der Waals surface area contributed by atoms with Crippen molar-refractivity contribution >= 4 is 17.4 Å². The number of ketones is 1. The highest BCUT2D eigenvalue weighted by atomic mass is 16.7. The van der Waals surface area contributed by atoms with Crippen LogP contribution in [0.5, 0.6) is 23.0 Å². The number of nitrogens with one attached hydrogen (secondary N) is 1. The molecule has 1 N–H and O–H groups in total. The lowest BCUT2D eigenvalue weighted by Crippen LogP contribution is -2.34. The average Bonchev–Trinajstić information content (AvgIpc) is 3.36. The first-order chi connectivity index (χ1) is 14.5. The van der Waals surface area contributed by atoms with Gasteiger partial charge in [0, 0.05) is 43.0 Å². The van der Waals surface area contributed by atoms with Crippen molar-refractivity contribution < 1.29 is 28.5 Å². The molecule has 1 fully saturated rings. The van der Waals surface area contributed by atoms with Gasteiger partial charge in [0.15, 0.2) is 28.8 Å². The molecule has 30 heavy (non-hydrogen) atoms. The van der Waals surface area contributed by atoms with Crippen molar-refractivity contribution in [3.05, 3.63) is 42.0 Å². The summed E-state index contributed by atoms with van der Waals surface area (Å²) >= 11 is 0. The SMILES string of the molecule is COc1ccc(C(=O)CCC(=O)Nc2ccc3c(c2)OC2(CCCC2)O3)cc1OC. The van der Waals surface area contributed by atoms with Crippen LogP contribution in [0.2, 0.25) is 0 Å². The Morgan fingerprint density at radius 1 is 0.933 bits per heavy atom. The third kappa shape index (κ3) is 4.06. The monoisotopic (exact) mass is 411 g/mol. The van der Waals surface area contributed by atoms with Gasteiger partial charge in [0.25, 0.3) is 5.79 Å². The fourth-order valence-electron chi connectivity index (χ4n) is 3.89. The molecule has 158 valence electrons. The van der Waals surface area contributed by atoms with Crippen molar-refractivity contribution in [2.75, 3.05) is 19.5 Å². The van der Waals surface area contributed by atoms with Crippen LogP contribution in [-0.4, -0.2) is 31.7 Å². The fourth-order valence-corrected chi connectivity index (χ4v) is 3.89. The molecule has 0 saturated heterocycles. The average molecular weight is 411 g/mol. The number of hydrogen-bond acceptors (Lipinski definition) is 6. The number of Topliss-reactive ketones (excluding diaryl/α,β-unsaturated/α-hetero) is 1. The van der Waals surface area contributed by atoms with Crippen molar-refractivity contribution in [3.8, 4) is 23.0 Å². The van der Waals surface area contributed by atoms with E-state index in [0.29, 0.717) is 34.2 Å². The molecule has 0 atom stereocenters. The van der Waals surface area contributed by atoms with E-state index in [2.05, 4.69) is 5.32 Å². The summed E-state index contributed by atoms with van der Waals surface area (Å²) < 4.78 is 22.4. The molecule has 0 bridgehead atoms. The van der Waals surface area contributed by atoms with Gasteiger partial charge in [0.1, 0.15) is 0 Å². The highest BCUT2D eigenvalue weighted by Gasteiger charge is 2.44. The number of fused-ring (bicyclic) bond motifs is 1. The molecule has 7 nitrogen and oxygen atoms in total. The Morgan fingerprint density at radius 2 is 1.67 bits per heavy atom. The summed E-state index contributed by atoms with van der Waals surface area (Å²) in [5.74, 6) is 1.48. The van der Waals surface area contributed by atoms with Gasteiger partial charge in [-0.2, -0.15) is 0 Å². The van der Waals surface area contributed by atoms with Gasteiger partial charge in [-0.25, -0.2) is 0 Å². The Bertz CT molecular complexity index is 964. The van der Waals surface area contributed by atoms with E-state index in [1.807, 2.05) is 6.07 Å². The molecule has 2 aromatic carbocycles. The van der Waals surface area contributed by atoms with Gasteiger partial charge in [-0.05, 0) is 43.2 Å². The largest absolute Gasteiger partial charge is 0.493 e. The van der Waals surface area contributed by atoms with E-state index in [9.17, 15) is 9.59 Å². The number of carbonyl (C=O) groups is 2. The van der Waals surface area contributed by atoms with Crippen LogP contribution in [0.1, 0.15) is 48.9 Å². The van der Waals surface area contributed by atoms with Crippen LogP contribution in [0.15, 0.2) is 36.4 Å². The second-order valence-electron chi connectivity index (χ2n) is 7.52. The zero-order valence-corrected chi connectivity index (χ0v) is 17.2. The van der Waals surface area contributed by atoms with Crippen molar-refractivity contribution in [1.29, 1.82) is 0 Å². The van der Waals surface area contributed by atoms with Crippen LogP contribution < -0.4 is 24.3 Å². The maximum absolute atomic E-state index is 12.5. The highest BCUT2D eigenvalue weighted by molar-refractivity contribution is 6.00. The summed E-state index contributed by atoms with van der Waals surface area (Å²) in [6.45, 7) is 0. The number of benzene rings is 2. The molecule has 0 radical (unpaired) electrons. The molecule has 1 heterocycles. The fraction of sp³-hybridized carbons (Fsp3) is 0.391. The first kappa shape index (κ1) is 20.1. The van der Waals surface area contributed by atoms with Crippen molar-refractivity contribution in [2.24, 2.45) is 0 Å². The summed E-state index contributed by atoms with van der Waals surface area (Å²) in [6, 6.07) is 10.3. The van der Waals surface area contributed by atoms with E-state index >= 15 is 0 Å². The Morgan fingerprint density at radius 3 is 2.40 bits per heavy atom. The standard InChI is InChI=1S/C23H25NO6/c1-27-18-8-5-15(13-20(18)28-2)17(25)7-10-22(26)24-16-6-9-19-21(14-16)30-23(29-19)11-3-4-12-23/h5-6,8-9,13-14H,3-4,7,10-12H2,1-2H3,(H,24,26). The Kier molecular flexibility index (Phi) is 5.53. The second-order valence-corrected chi connectivity index (χ2v) is 7.52. The third-order valence-electron chi connectivity index (χ3n) is 5.47. The molecule has 7 heteroatoms. The quantitative estimate of drug-likeness (QED) is 0.682. The highest BCUT2D eigenvalue weighted by Crippen LogP contribution is 2.47. The van der Waals surface area contributed by atoms with Crippen LogP contribution >= 0.6 is 0 Å². The van der Waals surface area contributed by atoms with Crippen LogP contribution in [-0.2, 0) is 4.79 Å². The number of carbonyl (C=O) groups excluding carboxylic acids is 2. The number of anilines is 1. The minimum atomic E-state index is -0.531. The van der Waals surface area contributed by atoms with Gasteiger partial charge in [0.2, 0.25) is 5.91 Å². The first-order valence-electron chi connectivity index (χ1n) is 10.1. The maximum atomic E-state index is 12.5. The van der Waals surface area contributed by atoms with Crippen LogP contribution in [0.25, 0.3) is 0 Å². The zero-order valence-electron chi connectivity index (χ0n) is 17.2. The van der Waals surface area contributed by atoms with E-state index in [4.69, 9.17) is 18.9 Å². The minimum Gasteiger partial charge on any atom is -0.493 e. The van der Waals surface area contributed by atoms with Gasteiger partial charge in [-0.1, -0.05) is 0 Å². The van der Waals surface area contributed by atoms with Gasteiger partial charge >= 0.3 is 0 Å². The third-order valence-corrected chi connectivity index (χ3v) is 5.47. The van der Waals surface area contributed by atoms with Gasteiger partial charge < -0.3 is 24.3 Å². The summed E-state index contributed by atoms with van der Waals surface area (Å²) in [4.78, 5) is 24.8. The predicted octanol–water partition coefficient (Wildman–Crippen LogP) is 4.35. The van der Waals surface area contributed by atoms with Crippen LogP contribution in [0.3, 0.4) is 0 Å². The zero-order chi connectivity index (χ0) is 21.1. The van der Waals surface area contributed by atoms with Gasteiger partial charge in [0.05, 0.1) is 14.2 Å². The lowest BCUT2D eigenvalue weighted by atomic mass is 10.1. The summed E-state index contributed by atoms with van der Waals surface area (Å²) in [6.07, 6.45) is 4.10. The number of ether oxygens (including phenoxy) is 4. The number of methoxy groups -OCH3 is 2. The van der Waals surface area contributed by atoms with E-state index in [-0.39, 0.29) is 24.5 Å². The molecule has 0 aromatic heterocycles. The molecule has 1 amide bonds. The molecular formula is C23H25NO6. The topological polar surface area (TPSA) is 83.1 Å². The summed E-state index contributed by atoms with van der Waals surface area (Å²) in [5.41, 5.74) is 1.10. The minimum absolute atomic E-state index is 0.0750. The summed E-state index contributed by atoms with van der Waals surface area (Å²) in [5, 5.41) is 2.83. The Balaban J connectivity index is 1.33. The number of rotatable bonds is 7. The molecule has 2 aromatic rings. The molecular weight excluding hydrogens is 386 g/mol. The Hall–Kier alpha value is -3.22.